The van der Waals surface area contributed by atoms with E-state index >= 15 is 0 Å². The lowest BCUT2D eigenvalue weighted by Gasteiger charge is -2.21. The number of esters is 1. The van der Waals surface area contributed by atoms with E-state index in [1.165, 1.54) is 35.5 Å². The highest BCUT2D eigenvalue weighted by atomic mass is 32.1. The third-order valence-electron chi connectivity index (χ3n) is 5.44. The molecule has 0 radical (unpaired) electrons. The van der Waals surface area contributed by atoms with Crippen LogP contribution in [0.2, 0.25) is 0 Å². The minimum atomic E-state index is -3.41. The normalized spacial score (nSPS) is 18.1. The van der Waals surface area contributed by atoms with Crippen molar-refractivity contribution in [1.82, 2.24) is 4.90 Å². The summed E-state index contributed by atoms with van der Waals surface area (Å²) in [7, 11) is 1.31. The lowest BCUT2D eigenvalue weighted by atomic mass is 10.1. The minimum absolute atomic E-state index is 0.160. The number of thiophene rings is 1. The molecule has 0 unspecified atom stereocenters. The second kappa shape index (κ2) is 11.9. The van der Waals surface area contributed by atoms with Crippen LogP contribution < -0.4 is 0 Å². The van der Waals surface area contributed by atoms with Gasteiger partial charge in [0.2, 0.25) is 0 Å². The monoisotopic (exact) mass is 487 g/mol. The number of hydrogen-bond donors (Lipinski definition) is 1. The van der Waals surface area contributed by atoms with Crippen molar-refractivity contribution in [2.45, 2.75) is 50.2 Å². The molecular formula is C26H27F2NO4S. The maximum absolute atomic E-state index is 14.1. The Morgan fingerprint density at radius 1 is 1.32 bits per heavy atom. The number of methoxy groups -OCH3 is 1. The van der Waals surface area contributed by atoms with Gasteiger partial charge in [-0.05, 0) is 43.5 Å². The van der Waals surface area contributed by atoms with E-state index in [-0.39, 0.29) is 6.54 Å². The summed E-state index contributed by atoms with van der Waals surface area (Å²) in [5.74, 6) is 0.976. The van der Waals surface area contributed by atoms with Crippen LogP contribution in [0.5, 0.6) is 0 Å². The zero-order valence-corrected chi connectivity index (χ0v) is 19.7. The number of carbonyl (C=O) groups excluding carboxylic acids is 2. The Kier molecular flexibility index (Phi) is 8.97. The van der Waals surface area contributed by atoms with E-state index in [2.05, 4.69) is 16.6 Å². The number of aliphatic hydroxyl groups is 1. The van der Waals surface area contributed by atoms with E-state index in [0.717, 1.165) is 10.4 Å². The molecule has 1 N–H and O–H groups in total. The van der Waals surface area contributed by atoms with Gasteiger partial charge < -0.3 is 14.7 Å². The molecule has 1 fully saturated rings. The average Bonchev–Trinajstić information content (AvgIpc) is 3.38. The Morgan fingerprint density at radius 3 is 2.82 bits per heavy atom. The molecule has 34 heavy (non-hydrogen) atoms. The molecule has 8 heteroatoms. The number of likely N-dealkylation sites (tertiary alicyclic amines) is 1. The number of amides is 1. The molecule has 180 valence electrons. The van der Waals surface area contributed by atoms with Crippen molar-refractivity contribution >= 4 is 23.2 Å². The quantitative estimate of drug-likeness (QED) is 0.322. The first-order valence-electron chi connectivity index (χ1n) is 11.1. The van der Waals surface area contributed by atoms with E-state index in [1.54, 1.807) is 12.1 Å². The maximum atomic E-state index is 14.1. The standard InChI is InChI=1S/C26H27F2NO4S/c1-33-24(31)23-16-15-22(34-23)12-7-17-29-20(18-26(27,28)25(29)32)13-14-21(30)11-6-5-10-19-8-3-2-4-9-19/h2-4,8-9,13-16,20-21,30H,6-7,11-12,17-18H2,1H3/b14-13+/t20-,21-/m0/s1. The molecule has 0 aliphatic carbocycles. The van der Waals surface area contributed by atoms with Gasteiger partial charge in [0.05, 0.1) is 19.3 Å². The highest BCUT2D eigenvalue weighted by Crippen LogP contribution is 2.34. The Hall–Kier alpha value is -3.02. The van der Waals surface area contributed by atoms with E-state index in [4.69, 9.17) is 0 Å². The summed E-state index contributed by atoms with van der Waals surface area (Å²) >= 11 is 1.29. The van der Waals surface area contributed by atoms with Gasteiger partial charge in [-0.1, -0.05) is 42.2 Å². The van der Waals surface area contributed by atoms with Crippen LogP contribution in [0, 0.1) is 11.8 Å². The topological polar surface area (TPSA) is 66.8 Å². The van der Waals surface area contributed by atoms with Crippen LogP contribution in [0.4, 0.5) is 8.78 Å². The Bertz CT molecular complexity index is 1070. The first kappa shape index (κ1) is 25.6. The zero-order chi connectivity index (χ0) is 24.6. The molecule has 2 heterocycles. The van der Waals surface area contributed by atoms with Gasteiger partial charge in [-0.2, -0.15) is 8.78 Å². The molecule has 1 saturated heterocycles. The van der Waals surface area contributed by atoms with E-state index in [9.17, 15) is 23.5 Å². The van der Waals surface area contributed by atoms with Gasteiger partial charge in [-0.3, -0.25) is 4.79 Å². The first-order valence-corrected chi connectivity index (χ1v) is 11.9. The van der Waals surface area contributed by atoms with Crippen LogP contribution in [0.25, 0.3) is 0 Å². The van der Waals surface area contributed by atoms with Crippen LogP contribution in [0.3, 0.4) is 0 Å². The molecule has 1 aromatic carbocycles. The third-order valence-corrected chi connectivity index (χ3v) is 6.56. The van der Waals surface area contributed by atoms with Gasteiger partial charge in [0.1, 0.15) is 4.88 Å². The molecule has 3 rings (SSSR count). The van der Waals surface area contributed by atoms with Crippen molar-refractivity contribution in [3.63, 3.8) is 0 Å². The number of rotatable bonds is 9. The zero-order valence-electron chi connectivity index (χ0n) is 18.9. The smallest absolute Gasteiger partial charge is 0.348 e. The molecule has 0 saturated carbocycles. The summed E-state index contributed by atoms with van der Waals surface area (Å²) in [6, 6.07) is 12.2. The highest BCUT2D eigenvalue weighted by molar-refractivity contribution is 7.13. The van der Waals surface area contributed by atoms with Crippen LogP contribution in [-0.2, 0) is 16.0 Å². The summed E-state index contributed by atoms with van der Waals surface area (Å²) in [6.07, 6.45) is 3.38. The summed E-state index contributed by atoms with van der Waals surface area (Å²) in [4.78, 5) is 26.3. The Balaban J connectivity index is 1.51. The highest BCUT2D eigenvalue weighted by Gasteiger charge is 2.52. The SMILES string of the molecule is COC(=O)c1ccc(CCCN2C(=O)C(F)(F)C[C@@H]2/C=C/[C@@H](O)CCC#Cc2ccccc2)s1. The molecule has 2 aromatic rings. The van der Waals surface area contributed by atoms with Crippen molar-refractivity contribution in [3.05, 3.63) is 69.9 Å². The van der Waals surface area contributed by atoms with E-state index in [0.29, 0.717) is 30.6 Å². The van der Waals surface area contributed by atoms with Crippen LogP contribution >= 0.6 is 11.3 Å². The minimum Gasteiger partial charge on any atom is -0.465 e. The second-order valence-electron chi connectivity index (χ2n) is 7.99. The molecule has 1 aliphatic rings. The van der Waals surface area contributed by atoms with Crippen molar-refractivity contribution in [1.29, 1.82) is 0 Å². The number of ether oxygens (including phenoxy) is 1. The molecule has 0 bridgehead atoms. The molecule has 0 spiro atoms. The van der Waals surface area contributed by atoms with Gasteiger partial charge in [0.25, 0.3) is 5.91 Å². The number of halogens is 2. The summed E-state index contributed by atoms with van der Waals surface area (Å²) in [6.45, 7) is 0.160. The summed E-state index contributed by atoms with van der Waals surface area (Å²) in [5.41, 5.74) is 0.888. The number of alkyl halides is 2. The van der Waals surface area contributed by atoms with Crippen LogP contribution in [0.15, 0.2) is 54.6 Å². The van der Waals surface area contributed by atoms with Crippen molar-refractivity contribution in [2.24, 2.45) is 0 Å². The van der Waals surface area contributed by atoms with Crippen molar-refractivity contribution in [3.8, 4) is 11.8 Å². The Morgan fingerprint density at radius 2 is 2.09 bits per heavy atom. The second-order valence-corrected chi connectivity index (χ2v) is 9.16. The van der Waals surface area contributed by atoms with Crippen LogP contribution in [-0.4, -0.2) is 53.6 Å². The Labute approximate surface area is 202 Å². The van der Waals surface area contributed by atoms with Gasteiger partial charge in [0, 0.05) is 29.8 Å². The fraction of sp³-hybridized carbons (Fsp3) is 0.385. The molecule has 1 aliphatic heterocycles. The lowest BCUT2D eigenvalue weighted by Crippen LogP contribution is -2.36. The van der Waals surface area contributed by atoms with Gasteiger partial charge in [-0.15, -0.1) is 11.3 Å². The van der Waals surface area contributed by atoms with Gasteiger partial charge in [0.15, 0.2) is 0 Å². The molecule has 1 amide bonds. The number of nitrogens with zero attached hydrogens (tertiary/aromatic N) is 1. The first-order chi connectivity index (χ1) is 16.3. The molecule has 2 atom stereocenters. The predicted molar refractivity (Wildman–Crippen MR) is 127 cm³/mol. The van der Waals surface area contributed by atoms with E-state index < -0.39 is 36.4 Å². The van der Waals surface area contributed by atoms with E-state index in [1.807, 2.05) is 30.3 Å². The molecule has 1 aromatic heterocycles. The summed E-state index contributed by atoms with van der Waals surface area (Å²) in [5, 5.41) is 10.2. The van der Waals surface area contributed by atoms with Gasteiger partial charge >= 0.3 is 11.9 Å². The summed E-state index contributed by atoms with van der Waals surface area (Å²) < 4.78 is 32.9. The number of carbonyl (C=O) groups is 2. The van der Waals surface area contributed by atoms with Crippen LogP contribution in [0.1, 0.15) is 45.8 Å². The van der Waals surface area contributed by atoms with Gasteiger partial charge in [-0.25, -0.2) is 4.79 Å². The lowest BCUT2D eigenvalue weighted by molar-refractivity contribution is -0.148. The van der Waals surface area contributed by atoms with Crippen molar-refractivity contribution < 1.29 is 28.2 Å². The number of hydrogen-bond acceptors (Lipinski definition) is 5. The number of aliphatic hydroxyl groups excluding tert-OH is 1. The maximum Gasteiger partial charge on any atom is 0.348 e. The number of aryl methyl sites for hydroxylation is 1. The third kappa shape index (κ3) is 6.99. The van der Waals surface area contributed by atoms with Crippen molar-refractivity contribution in [2.75, 3.05) is 13.7 Å². The largest absolute Gasteiger partial charge is 0.465 e. The number of benzene rings is 1. The fourth-order valence-electron chi connectivity index (χ4n) is 3.67. The average molecular weight is 488 g/mol. The predicted octanol–water partition coefficient (Wildman–Crippen LogP) is 4.45. The molecular weight excluding hydrogens is 460 g/mol. The fourth-order valence-corrected chi connectivity index (χ4v) is 4.63. The molecule has 5 nitrogen and oxygen atoms in total.